The number of ether oxygens (including phenoxy) is 1. The largest absolute Gasteiger partial charge is 0.457 e. The molecule has 1 heterocycles. The molecule has 3 aromatic carbocycles. The number of para-hydroxylation sites is 1. The first-order chi connectivity index (χ1) is 14.5. The number of nitro groups is 1. The van der Waals surface area contributed by atoms with Crippen LogP contribution in [-0.2, 0) is 6.54 Å². The molecule has 0 atom stereocenters. The van der Waals surface area contributed by atoms with Crippen molar-refractivity contribution in [3.05, 3.63) is 105 Å². The second kappa shape index (κ2) is 7.96. The maximum absolute atomic E-state index is 12.7. The van der Waals surface area contributed by atoms with Crippen molar-refractivity contribution >= 4 is 22.4 Å². The Labute approximate surface area is 170 Å². The van der Waals surface area contributed by atoms with Gasteiger partial charge in [-0.15, -0.1) is 0 Å². The molecular formula is C22H15N3O5. The fraction of sp³-hybridized carbons (Fsp3) is 0.0455. The summed E-state index contributed by atoms with van der Waals surface area (Å²) in [5.74, 6) is 0.962. The number of non-ortho nitro benzene ring substituents is 1. The van der Waals surface area contributed by atoms with E-state index in [2.05, 4.69) is 4.98 Å². The van der Waals surface area contributed by atoms with Crippen LogP contribution >= 0.6 is 0 Å². The number of hydrogen-bond acceptors (Lipinski definition) is 6. The predicted molar refractivity (Wildman–Crippen MR) is 110 cm³/mol. The van der Waals surface area contributed by atoms with Gasteiger partial charge in [0.2, 0.25) is 0 Å². The molecule has 4 aromatic rings. The van der Waals surface area contributed by atoms with Gasteiger partial charge >= 0.3 is 0 Å². The van der Waals surface area contributed by atoms with Crippen molar-refractivity contribution < 1.29 is 14.5 Å². The number of hydrogen-bond donors (Lipinski definition) is 0. The van der Waals surface area contributed by atoms with Gasteiger partial charge in [0.15, 0.2) is 5.78 Å². The minimum Gasteiger partial charge on any atom is -0.457 e. The average Bonchev–Trinajstić information content (AvgIpc) is 2.76. The van der Waals surface area contributed by atoms with Crippen molar-refractivity contribution in [1.29, 1.82) is 0 Å². The number of Topliss-reactive ketones (excluding diaryl/α,β-unsaturated/α-hetero) is 1. The molecule has 0 saturated carbocycles. The van der Waals surface area contributed by atoms with Gasteiger partial charge in [-0.05, 0) is 42.5 Å². The molecule has 0 aliphatic carbocycles. The molecule has 0 aliphatic rings. The van der Waals surface area contributed by atoms with Crippen LogP contribution in [0.2, 0.25) is 0 Å². The molecular weight excluding hydrogens is 386 g/mol. The van der Waals surface area contributed by atoms with Crippen LogP contribution in [0.15, 0.2) is 83.9 Å². The molecule has 30 heavy (non-hydrogen) atoms. The van der Waals surface area contributed by atoms with Crippen molar-refractivity contribution in [3.8, 4) is 11.5 Å². The van der Waals surface area contributed by atoms with E-state index in [0.717, 1.165) is 4.57 Å². The molecule has 0 radical (unpaired) electrons. The quantitative estimate of drug-likeness (QED) is 0.275. The fourth-order valence-corrected chi connectivity index (χ4v) is 2.95. The lowest BCUT2D eigenvalue weighted by molar-refractivity contribution is -0.384. The molecule has 0 aliphatic heterocycles. The fourth-order valence-electron chi connectivity index (χ4n) is 2.95. The molecule has 0 unspecified atom stereocenters. The van der Waals surface area contributed by atoms with Crippen LogP contribution in [-0.4, -0.2) is 20.3 Å². The topological polar surface area (TPSA) is 104 Å². The first-order valence-electron chi connectivity index (χ1n) is 9.01. The summed E-state index contributed by atoms with van der Waals surface area (Å²) in [4.78, 5) is 39.8. The van der Waals surface area contributed by atoms with Crippen LogP contribution in [0, 0.1) is 10.1 Å². The molecule has 4 rings (SSSR count). The van der Waals surface area contributed by atoms with E-state index >= 15 is 0 Å². The molecule has 0 saturated heterocycles. The van der Waals surface area contributed by atoms with Crippen LogP contribution in [0.5, 0.6) is 11.5 Å². The second-order valence-electron chi connectivity index (χ2n) is 6.50. The average molecular weight is 401 g/mol. The van der Waals surface area contributed by atoms with Gasteiger partial charge in [-0.1, -0.05) is 18.2 Å². The number of carbonyl (C=O) groups excluding carboxylic acids is 1. The van der Waals surface area contributed by atoms with Crippen molar-refractivity contribution in [2.75, 3.05) is 0 Å². The van der Waals surface area contributed by atoms with Gasteiger partial charge < -0.3 is 4.74 Å². The van der Waals surface area contributed by atoms with Gasteiger partial charge in [-0.2, -0.15) is 0 Å². The minimum atomic E-state index is -0.583. The zero-order valence-electron chi connectivity index (χ0n) is 15.6. The third-order valence-corrected chi connectivity index (χ3v) is 4.49. The Hall–Kier alpha value is -4.33. The van der Waals surface area contributed by atoms with Crippen LogP contribution in [0.4, 0.5) is 5.69 Å². The minimum absolute atomic E-state index is 0.0890. The van der Waals surface area contributed by atoms with Crippen LogP contribution in [0.3, 0.4) is 0 Å². The Bertz CT molecular complexity index is 1300. The van der Waals surface area contributed by atoms with E-state index in [4.69, 9.17) is 4.74 Å². The molecule has 0 N–H and O–H groups in total. The van der Waals surface area contributed by atoms with Gasteiger partial charge in [0.1, 0.15) is 11.5 Å². The maximum atomic E-state index is 12.7. The Morgan fingerprint density at radius 2 is 1.70 bits per heavy atom. The predicted octanol–water partition coefficient (Wildman–Crippen LogP) is 3.98. The van der Waals surface area contributed by atoms with Crippen molar-refractivity contribution in [2.24, 2.45) is 0 Å². The molecule has 1 aromatic heterocycles. The summed E-state index contributed by atoms with van der Waals surface area (Å²) in [7, 11) is 0. The van der Waals surface area contributed by atoms with Crippen LogP contribution in [0.25, 0.3) is 10.9 Å². The highest BCUT2D eigenvalue weighted by Gasteiger charge is 2.13. The normalized spacial score (nSPS) is 10.7. The summed E-state index contributed by atoms with van der Waals surface area (Å²) in [5.41, 5.74) is 0.0127. The van der Waals surface area contributed by atoms with Gasteiger partial charge in [0.25, 0.3) is 11.2 Å². The third kappa shape index (κ3) is 3.93. The lowest BCUT2D eigenvalue weighted by atomic mass is 10.1. The van der Waals surface area contributed by atoms with Crippen molar-refractivity contribution in [3.63, 3.8) is 0 Å². The number of rotatable bonds is 6. The summed E-state index contributed by atoms with van der Waals surface area (Å²) in [5, 5.41) is 11.0. The van der Waals surface area contributed by atoms with Crippen molar-refractivity contribution in [1.82, 2.24) is 9.55 Å². The van der Waals surface area contributed by atoms with Crippen LogP contribution < -0.4 is 10.3 Å². The maximum Gasteiger partial charge on any atom is 0.270 e. The van der Waals surface area contributed by atoms with E-state index < -0.39 is 10.5 Å². The Balaban J connectivity index is 1.54. The van der Waals surface area contributed by atoms with E-state index in [1.165, 1.54) is 24.5 Å². The molecule has 0 bridgehead atoms. The lowest BCUT2D eigenvalue weighted by Gasteiger charge is -2.08. The summed E-state index contributed by atoms with van der Waals surface area (Å²) >= 11 is 0. The summed E-state index contributed by atoms with van der Waals surface area (Å²) < 4.78 is 6.84. The highest BCUT2D eigenvalue weighted by molar-refractivity contribution is 5.96. The zero-order chi connectivity index (χ0) is 21.1. The molecule has 0 spiro atoms. The number of nitrogens with zero attached hydrogens (tertiary/aromatic N) is 3. The first-order valence-corrected chi connectivity index (χ1v) is 9.01. The van der Waals surface area contributed by atoms with Crippen molar-refractivity contribution in [2.45, 2.75) is 6.54 Å². The molecule has 148 valence electrons. The first kappa shape index (κ1) is 19.0. The van der Waals surface area contributed by atoms with Gasteiger partial charge in [0, 0.05) is 17.7 Å². The van der Waals surface area contributed by atoms with E-state index in [1.807, 2.05) is 30.3 Å². The van der Waals surface area contributed by atoms with Gasteiger partial charge in [-0.25, -0.2) is 4.98 Å². The monoisotopic (exact) mass is 401 g/mol. The SMILES string of the molecule is O=C(Cn1cnc2ccc([N+](=O)[O-])cc2c1=O)c1ccc(Oc2ccccc2)cc1. The van der Waals surface area contributed by atoms with E-state index in [0.29, 0.717) is 22.6 Å². The van der Waals surface area contributed by atoms with E-state index in [9.17, 15) is 19.7 Å². The van der Waals surface area contributed by atoms with E-state index in [-0.39, 0.29) is 23.4 Å². The highest BCUT2D eigenvalue weighted by Crippen LogP contribution is 2.21. The Morgan fingerprint density at radius 1 is 1.00 bits per heavy atom. The zero-order valence-corrected chi connectivity index (χ0v) is 15.6. The lowest BCUT2D eigenvalue weighted by Crippen LogP contribution is -2.24. The summed E-state index contributed by atoms with van der Waals surface area (Å²) in [6, 6.07) is 19.7. The molecule has 0 fully saturated rings. The molecule has 8 nitrogen and oxygen atoms in total. The van der Waals surface area contributed by atoms with Gasteiger partial charge in [0.05, 0.1) is 28.7 Å². The molecule has 0 amide bonds. The highest BCUT2D eigenvalue weighted by atomic mass is 16.6. The van der Waals surface area contributed by atoms with E-state index in [1.54, 1.807) is 24.3 Å². The summed E-state index contributed by atoms with van der Waals surface area (Å²) in [6.07, 6.45) is 1.27. The number of ketones is 1. The number of aromatic nitrogens is 2. The number of fused-ring (bicyclic) bond motifs is 1. The Morgan fingerprint density at radius 3 is 2.40 bits per heavy atom. The summed E-state index contributed by atoms with van der Waals surface area (Å²) in [6.45, 7) is -0.233. The number of benzene rings is 3. The standard InChI is InChI=1S/C22H15N3O5/c26-21(15-6-9-18(10-7-15)30-17-4-2-1-3-5-17)13-24-14-23-20-11-8-16(25(28)29)12-19(20)22(24)27/h1-12,14H,13H2. The number of carbonyl (C=O) groups is 1. The Kier molecular flexibility index (Phi) is 5.04. The number of nitro benzene ring substituents is 1. The second-order valence-corrected chi connectivity index (χ2v) is 6.50. The smallest absolute Gasteiger partial charge is 0.270 e. The molecule has 8 heteroatoms. The third-order valence-electron chi connectivity index (χ3n) is 4.49. The van der Waals surface area contributed by atoms with Gasteiger partial charge in [-0.3, -0.25) is 24.3 Å². The van der Waals surface area contributed by atoms with Crippen LogP contribution in [0.1, 0.15) is 10.4 Å².